The average molecular weight is 470 g/mol. The van der Waals surface area contributed by atoms with E-state index in [1.54, 1.807) is 24.1 Å². The van der Waals surface area contributed by atoms with Crippen LogP contribution in [-0.2, 0) is 11.2 Å². The first kappa shape index (κ1) is 26.4. The van der Waals surface area contributed by atoms with Gasteiger partial charge in [0.25, 0.3) is 5.92 Å². The second-order valence-corrected chi connectivity index (χ2v) is 8.61. The molecule has 0 saturated carbocycles. The van der Waals surface area contributed by atoms with Gasteiger partial charge in [0.1, 0.15) is 6.61 Å². The molecule has 1 aliphatic rings. The smallest absolute Gasteiger partial charge is 0.305 e. The van der Waals surface area contributed by atoms with Crippen molar-refractivity contribution in [2.75, 3.05) is 38.2 Å². The number of likely N-dealkylation sites (N-methyl/N-ethyl adjacent to an activating group) is 1. The molecule has 0 radical (unpaired) electrons. The number of alkyl halides is 2. The fourth-order valence-electron chi connectivity index (χ4n) is 3.59. The third kappa shape index (κ3) is 7.60. The van der Waals surface area contributed by atoms with Gasteiger partial charge in [0.05, 0.1) is 41.6 Å². The third-order valence-electron chi connectivity index (χ3n) is 5.17. The van der Waals surface area contributed by atoms with Gasteiger partial charge in [-0.1, -0.05) is 20.8 Å². The minimum atomic E-state index is -2.70. The van der Waals surface area contributed by atoms with Crippen molar-refractivity contribution in [1.29, 1.82) is 0 Å². The maximum absolute atomic E-state index is 13.9. The van der Waals surface area contributed by atoms with E-state index < -0.39 is 5.92 Å². The van der Waals surface area contributed by atoms with Gasteiger partial charge in [0.2, 0.25) is 0 Å². The first-order chi connectivity index (χ1) is 15.4. The Kier molecular flexibility index (Phi) is 9.06. The highest BCUT2D eigenvalue weighted by atomic mass is 19.3. The van der Waals surface area contributed by atoms with E-state index >= 15 is 0 Å². The molecule has 10 nitrogen and oxygen atoms in total. The Balaban J connectivity index is 2.24. The monoisotopic (exact) mass is 469 g/mol. The van der Waals surface area contributed by atoms with E-state index in [9.17, 15) is 8.78 Å². The molecule has 1 saturated heterocycles. The quantitative estimate of drug-likeness (QED) is 0.182. The molecule has 0 spiro atoms. The van der Waals surface area contributed by atoms with Gasteiger partial charge in [0.15, 0.2) is 0 Å². The predicted molar refractivity (Wildman–Crippen MR) is 126 cm³/mol. The van der Waals surface area contributed by atoms with Crippen molar-refractivity contribution in [3.63, 3.8) is 0 Å². The van der Waals surface area contributed by atoms with Crippen molar-refractivity contribution < 1.29 is 13.5 Å². The number of amidine groups is 1. The molecule has 1 fully saturated rings. The van der Waals surface area contributed by atoms with Crippen LogP contribution >= 0.6 is 0 Å². The number of hydrazine groups is 2. The molecule has 0 atom stereocenters. The van der Waals surface area contributed by atoms with Crippen LogP contribution in [0.1, 0.15) is 45.0 Å². The zero-order chi connectivity index (χ0) is 24.8. The lowest BCUT2D eigenvalue weighted by Crippen LogP contribution is -2.43. The van der Waals surface area contributed by atoms with E-state index in [-0.39, 0.29) is 31.3 Å². The summed E-state index contributed by atoms with van der Waals surface area (Å²) in [6.45, 7) is 6.60. The summed E-state index contributed by atoms with van der Waals surface area (Å²) in [5.41, 5.74) is 14.7. The number of nitrogens with zero attached hydrogens (tertiary/aromatic N) is 5. The SMILES string of the molecule is CCc1nc(/C(N)=C(\CO/C(N)=N/N(N)CC(C)C)N(C)N)ccc1N1CCCC(F)(F)C1. The van der Waals surface area contributed by atoms with E-state index in [2.05, 4.69) is 10.1 Å². The van der Waals surface area contributed by atoms with E-state index in [0.717, 1.165) is 0 Å². The number of halogens is 2. The number of piperidine rings is 1. The number of hydrogen-bond acceptors (Lipinski definition) is 9. The second kappa shape index (κ2) is 11.3. The maximum Gasteiger partial charge on any atom is 0.305 e. The van der Waals surface area contributed by atoms with Crippen LogP contribution in [0.5, 0.6) is 0 Å². The molecule has 1 aromatic heterocycles. The van der Waals surface area contributed by atoms with Gasteiger partial charge in [-0.15, -0.1) is 5.10 Å². The number of aromatic nitrogens is 1. The Labute approximate surface area is 194 Å². The van der Waals surface area contributed by atoms with E-state index in [0.29, 0.717) is 54.6 Å². The molecule has 12 heteroatoms. The van der Waals surface area contributed by atoms with Crippen molar-refractivity contribution in [3.8, 4) is 0 Å². The van der Waals surface area contributed by atoms with Crippen molar-refractivity contribution in [2.45, 2.75) is 46.0 Å². The Morgan fingerprint density at radius 1 is 1.30 bits per heavy atom. The molecule has 33 heavy (non-hydrogen) atoms. The number of nitrogens with two attached hydrogens (primary N) is 4. The van der Waals surface area contributed by atoms with Crippen LogP contribution in [0.25, 0.3) is 5.70 Å². The lowest BCUT2D eigenvalue weighted by molar-refractivity contribution is -0.0117. The van der Waals surface area contributed by atoms with Gasteiger partial charge in [-0.05, 0) is 30.9 Å². The molecule has 0 unspecified atom stereocenters. The maximum atomic E-state index is 13.9. The summed E-state index contributed by atoms with van der Waals surface area (Å²) < 4.78 is 33.3. The highest BCUT2D eigenvalue weighted by molar-refractivity contribution is 5.72. The Bertz CT molecular complexity index is 858. The van der Waals surface area contributed by atoms with Crippen LogP contribution in [0.15, 0.2) is 22.9 Å². The Morgan fingerprint density at radius 2 is 2.00 bits per heavy atom. The zero-order valence-electron chi connectivity index (χ0n) is 19.9. The lowest BCUT2D eigenvalue weighted by atomic mass is 10.1. The van der Waals surface area contributed by atoms with Gasteiger partial charge in [-0.3, -0.25) is 0 Å². The summed E-state index contributed by atoms with van der Waals surface area (Å²) in [6, 6.07) is 3.34. The second-order valence-electron chi connectivity index (χ2n) is 8.61. The van der Waals surface area contributed by atoms with Crippen LogP contribution < -0.4 is 28.1 Å². The molecular weight excluding hydrogens is 432 g/mol. The van der Waals surface area contributed by atoms with Crippen molar-refractivity contribution >= 4 is 17.4 Å². The van der Waals surface area contributed by atoms with Gasteiger partial charge in [0, 0.05) is 20.0 Å². The first-order valence-electron chi connectivity index (χ1n) is 11.0. The van der Waals surface area contributed by atoms with Gasteiger partial charge in [-0.2, -0.15) is 0 Å². The predicted octanol–water partition coefficient (Wildman–Crippen LogP) is 1.39. The summed E-state index contributed by atoms with van der Waals surface area (Å²) in [5, 5.41) is 6.48. The summed E-state index contributed by atoms with van der Waals surface area (Å²) >= 11 is 0. The summed E-state index contributed by atoms with van der Waals surface area (Å²) in [6.07, 6.45) is 0.897. The number of hydrogen-bond donors (Lipinski definition) is 4. The van der Waals surface area contributed by atoms with Crippen molar-refractivity contribution in [2.24, 2.45) is 34.2 Å². The van der Waals surface area contributed by atoms with Crippen molar-refractivity contribution in [3.05, 3.63) is 29.2 Å². The minimum Gasteiger partial charge on any atom is -0.458 e. The van der Waals surface area contributed by atoms with Crippen LogP contribution in [0.2, 0.25) is 0 Å². The molecule has 0 aromatic carbocycles. The molecule has 0 bridgehead atoms. The standard InChI is InChI=1S/C21H37F2N9O/c1-5-15-17(31-10-6-9-21(22,23)13-31)8-7-16(28-15)19(24)18(30(4)26)12-33-20(25)29-32(27)11-14(2)3/h7-8,14H,5-6,9-13,24,26-27H2,1-4H3,(H2,25,29)/b19-18-. The average Bonchev–Trinajstić information content (AvgIpc) is 2.71. The molecule has 186 valence electrons. The van der Waals surface area contributed by atoms with Crippen LogP contribution in [-0.4, -0.2) is 60.3 Å². The molecular formula is C21H37F2N9O. The number of ether oxygens (including phenoxy) is 1. The van der Waals surface area contributed by atoms with Crippen LogP contribution in [0.4, 0.5) is 14.5 Å². The molecule has 1 aliphatic heterocycles. The summed E-state index contributed by atoms with van der Waals surface area (Å²) in [7, 11) is 1.61. The van der Waals surface area contributed by atoms with Crippen molar-refractivity contribution in [1.82, 2.24) is 15.1 Å². The molecule has 0 aliphatic carbocycles. The van der Waals surface area contributed by atoms with E-state index in [1.807, 2.05) is 20.8 Å². The van der Waals surface area contributed by atoms with E-state index in [1.165, 1.54) is 10.1 Å². The van der Waals surface area contributed by atoms with Gasteiger partial charge < -0.3 is 26.1 Å². The van der Waals surface area contributed by atoms with Gasteiger partial charge in [-0.25, -0.2) is 30.6 Å². The summed E-state index contributed by atoms with van der Waals surface area (Å²) in [4.78, 5) is 6.31. The van der Waals surface area contributed by atoms with Crippen LogP contribution in [0, 0.1) is 5.92 Å². The Morgan fingerprint density at radius 3 is 2.58 bits per heavy atom. The molecule has 1 aromatic rings. The largest absolute Gasteiger partial charge is 0.458 e. The topological polar surface area (TPSA) is 148 Å². The highest BCUT2D eigenvalue weighted by Crippen LogP contribution is 2.32. The fourth-order valence-corrected chi connectivity index (χ4v) is 3.59. The zero-order valence-corrected chi connectivity index (χ0v) is 19.9. The minimum absolute atomic E-state index is 0.0626. The van der Waals surface area contributed by atoms with Crippen LogP contribution in [0.3, 0.4) is 0 Å². The summed E-state index contributed by atoms with van der Waals surface area (Å²) in [5.74, 6) is 9.32. The van der Waals surface area contributed by atoms with E-state index in [4.69, 9.17) is 27.9 Å². The number of rotatable bonds is 9. The number of anilines is 1. The lowest BCUT2D eigenvalue weighted by Gasteiger charge is -2.35. The molecule has 0 amide bonds. The third-order valence-corrected chi connectivity index (χ3v) is 5.17. The molecule has 8 N–H and O–H groups in total. The highest BCUT2D eigenvalue weighted by Gasteiger charge is 2.36. The molecule has 2 rings (SSSR count). The molecule has 2 heterocycles. The van der Waals surface area contributed by atoms with Gasteiger partial charge >= 0.3 is 6.02 Å². The number of pyridine rings is 1. The number of hydrazone groups is 1. The fraction of sp³-hybridized carbons (Fsp3) is 0.619. The Hall–Kier alpha value is -2.86. The first-order valence-corrected chi connectivity index (χ1v) is 11.0. The normalized spacial score (nSPS) is 17.1. The number of aryl methyl sites for hydroxylation is 1.